The van der Waals surface area contributed by atoms with Crippen LogP contribution in [0.2, 0.25) is 0 Å². The summed E-state index contributed by atoms with van der Waals surface area (Å²) in [7, 11) is 4.27. The molecule has 0 saturated heterocycles. The lowest BCUT2D eigenvalue weighted by atomic mass is 9.94. The van der Waals surface area contributed by atoms with E-state index in [1.54, 1.807) is 41.4 Å². The zero-order chi connectivity index (χ0) is 27.0. The van der Waals surface area contributed by atoms with Crippen LogP contribution in [0.25, 0.3) is 0 Å². The van der Waals surface area contributed by atoms with E-state index in [2.05, 4.69) is 0 Å². The van der Waals surface area contributed by atoms with E-state index in [0.29, 0.717) is 29.2 Å². The Morgan fingerprint density at radius 1 is 0.974 bits per heavy atom. The van der Waals surface area contributed by atoms with Crippen LogP contribution in [-0.2, 0) is 0 Å². The van der Waals surface area contributed by atoms with E-state index in [1.165, 1.54) is 27.4 Å². The molecule has 0 bridgehead atoms. The number of halogens is 2. The van der Waals surface area contributed by atoms with Gasteiger partial charge >= 0.3 is 12.6 Å². The summed E-state index contributed by atoms with van der Waals surface area (Å²) in [6, 6.07) is 14.6. The van der Waals surface area contributed by atoms with Crippen molar-refractivity contribution in [3.05, 3.63) is 76.9 Å². The number of aromatic carboxylic acids is 1. The average Bonchev–Trinajstić information content (AvgIpc) is 3.37. The summed E-state index contributed by atoms with van der Waals surface area (Å²) >= 11 is 0. The first-order valence-corrected chi connectivity index (χ1v) is 11.6. The number of carboxylic acid groups (broad SMARTS) is 1. The minimum atomic E-state index is -3.01. The molecule has 38 heavy (non-hydrogen) atoms. The Morgan fingerprint density at radius 3 is 2.39 bits per heavy atom. The largest absolute Gasteiger partial charge is 0.493 e. The molecular weight excluding hydrogens is 502 g/mol. The topological polar surface area (TPSA) is 99.0 Å². The highest BCUT2D eigenvalue weighted by atomic mass is 19.3. The lowest BCUT2D eigenvalue weighted by Crippen LogP contribution is -2.35. The summed E-state index contributed by atoms with van der Waals surface area (Å²) in [6.07, 6.45) is -0.699. The van der Waals surface area contributed by atoms with Crippen LogP contribution in [0.1, 0.15) is 45.7 Å². The molecule has 0 aliphatic carbocycles. The van der Waals surface area contributed by atoms with Gasteiger partial charge in [0.15, 0.2) is 23.0 Å². The molecule has 11 heteroatoms. The first-order valence-electron chi connectivity index (χ1n) is 11.6. The maximum atomic E-state index is 13.1. The molecule has 2 aliphatic rings. The number of methoxy groups -OCH3 is 3. The van der Waals surface area contributed by atoms with Crippen molar-refractivity contribution >= 4 is 11.7 Å². The van der Waals surface area contributed by atoms with E-state index in [9.17, 15) is 18.7 Å². The quantitative estimate of drug-likeness (QED) is 0.425. The molecule has 2 atom stereocenters. The fourth-order valence-electron chi connectivity index (χ4n) is 4.88. The van der Waals surface area contributed by atoms with Gasteiger partial charge in [0, 0.05) is 23.1 Å². The van der Waals surface area contributed by atoms with Crippen molar-refractivity contribution < 1.29 is 42.4 Å². The Hall–Kier alpha value is -4.54. The van der Waals surface area contributed by atoms with Gasteiger partial charge in [-0.25, -0.2) is 9.80 Å². The van der Waals surface area contributed by atoms with E-state index in [4.69, 9.17) is 28.8 Å². The molecule has 0 saturated carbocycles. The van der Waals surface area contributed by atoms with Crippen LogP contribution in [-0.4, -0.2) is 49.7 Å². The van der Waals surface area contributed by atoms with Crippen molar-refractivity contribution in [3.8, 4) is 28.7 Å². The van der Waals surface area contributed by atoms with Gasteiger partial charge < -0.3 is 28.8 Å². The highest BCUT2D eigenvalue weighted by molar-refractivity contribution is 6.04. The lowest BCUT2D eigenvalue weighted by molar-refractivity contribution is -0.0499. The molecule has 0 unspecified atom stereocenters. The zero-order valence-corrected chi connectivity index (χ0v) is 20.7. The number of nitrogens with zero attached hydrogens (tertiary/aromatic N) is 2. The first-order chi connectivity index (χ1) is 18.4. The van der Waals surface area contributed by atoms with Gasteiger partial charge in [0.2, 0.25) is 6.23 Å². The fourth-order valence-corrected chi connectivity index (χ4v) is 4.88. The molecular formula is C27H24F2N2O7. The fraction of sp³-hybridized carbons (Fsp3) is 0.259. The first kappa shape index (κ1) is 25.1. The van der Waals surface area contributed by atoms with Crippen LogP contribution in [0.3, 0.4) is 0 Å². The molecule has 3 aromatic rings. The molecule has 0 fully saturated rings. The van der Waals surface area contributed by atoms with E-state index in [0.717, 1.165) is 5.56 Å². The summed E-state index contributed by atoms with van der Waals surface area (Å²) in [5.74, 6) is -0.104. The number of ether oxygens (including phenoxy) is 5. The Labute approximate surface area is 216 Å². The molecule has 0 spiro atoms. The third-order valence-corrected chi connectivity index (χ3v) is 6.47. The van der Waals surface area contributed by atoms with Gasteiger partial charge in [-0.1, -0.05) is 24.3 Å². The van der Waals surface area contributed by atoms with Gasteiger partial charge in [-0.05, 0) is 30.3 Å². The summed E-state index contributed by atoms with van der Waals surface area (Å²) in [6.45, 7) is -3.01. The molecule has 0 amide bonds. The van der Waals surface area contributed by atoms with E-state index < -0.39 is 24.9 Å². The van der Waals surface area contributed by atoms with Gasteiger partial charge in [0.05, 0.1) is 33.1 Å². The maximum absolute atomic E-state index is 13.1. The molecule has 9 nitrogen and oxygen atoms in total. The number of fused-ring (bicyclic) bond motifs is 3. The standard InChI is InChI=1S/C27H24F2N2O7/c1-34-20-10-6-8-15-18-13-17(14-7-4-5-9-19(14)37-27(28)29)30-31(18)25(38-23(15)20)16-11-12-21(35-2)24(36-3)22(16)26(32)33/h4-12,18,25,27H,13H2,1-3H3,(H,32,33)/t18-,25+/m0/s1. The Kier molecular flexibility index (Phi) is 6.66. The zero-order valence-electron chi connectivity index (χ0n) is 20.7. The SMILES string of the molecule is COc1cccc2c1O[C@H](c1ccc(OC)c(OC)c1C(=O)O)N1N=C(c3ccccc3OC(F)F)C[C@@H]21. The van der Waals surface area contributed by atoms with Crippen molar-refractivity contribution in [1.82, 2.24) is 5.01 Å². The van der Waals surface area contributed by atoms with E-state index in [1.807, 2.05) is 12.1 Å². The normalized spacial score (nSPS) is 17.7. The minimum absolute atomic E-state index is 0.0122. The van der Waals surface area contributed by atoms with Gasteiger partial charge in [0.25, 0.3) is 0 Å². The lowest BCUT2D eigenvalue weighted by Gasteiger charge is -2.39. The second-order valence-electron chi connectivity index (χ2n) is 8.44. The molecule has 2 aliphatic heterocycles. The molecule has 198 valence electrons. The predicted octanol–water partition coefficient (Wildman–Crippen LogP) is 5.25. The third-order valence-electron chi connectivity index (χ3n) is 6.47. The van der Waals surface area contributed by atoms with Crippen molar-refractivity contribution in [1.29, 1.82) is 0 Å². The van der Waals surface area contributed by atoms with Crippen LogP contribution in [0.15, 0.2) is 59.7 Å². The Morgan fingerprint density at radius 2 is 1.71 bits per heavy atom. The number of carbonyl (C=O) groups is 1. The molecule has 3 aromatic carbocycles. The molecule has 5 rings (SSSR count). The number of para-hydroxylation sites is 2. The number of alkyl halides is 2. The smallest absolute Gasteiger partial charge is 0.387 e. The summed E-state index contributed by atoms with van der Waals surface area (Å²) in [5, 5.41) is 16.5. The number of hydrazone groups is 1. The third kappa shape index (κ3) is 4.19. The number of carboxylic acids is 1. The van der Waals surface area contributed by atoms with Crippen LogP contribution in [0.4, 0.5) is 8.78 Å². The van der Waals surface area contributed by atoms with Crippen LogP contribution < -0.4 is 23.7 Å². The highest BCUT2D eigenvalue weighted by Crippen LogP contribution is 2.52. The van der Waals surface area contributed by atoms with E-state index in [-0.39, 0.29) is 28.4 Å². The van der Waals surface area contributed by atoms with Crippen LogP contribution in [0, 0.1) is 0 Å². The van der Waals surface area contributed by atoms with Crippen molar-refractivity contribution in [2.24, 2.45) is 5.10 Å². The number of benzene rings is 3. The monoisotopic (exact) mass is 526 g/mol. The average molecular weight is 526 g/mol. The van der Waals surface area contributed by atoms with Crippen LogP contribution >= 0.6 is 0 Å². The van der Waals surface area contributed by atoms with Crippen LogP contribution in [0.5, 0.6) is 28.7 Å². The van der Waals surface area contributed by atoms with Gasteiger partial charge in [-0.2, -0.15) is 13.9 Å². The second kappa shape index (κ2) is 10.1. The van der Waals surface area contributed by atoms with Crippen molar-refractivity contribution in [2.75, 3.05) is 21.3 Å². The number of rotatable bonds is 8. The second-order valence-corrected chi connectivity index (χ2v) is 8.44. The number of hydrogen-bond donors (Lipinski definition) is 1. The summed E-state index contributed by atoms with van der Waals surface area (Å²) < 4.78 is 53.6. The predicted molar refractivity (Wildman–Crippen MR) is 132 cm³/mol. The van der Waals surface area contributed by atoms with Gasteiger partial charge in [-0.15, -0.1) is 0 Å². The number of hydrogen-bond acceptors (Lipinski definition) is 8. The van der Waals surface area contributed by atoms with Crippen molar-refractivity contribution in [2.45, 2.75) is 25.3 Å². The highest BCUT2D eigenvalue weighted by Gasteiger charge is 2.44. The van der Waals surface area contributed by atoms with Gasteiger partial charge in [-0.3, -0.25) is 0 Å². The minimum Gasteiger partial charge on any atom is -0.493 e. The molecule has 0 aromatic heterocycles. The van der Waals surface area contributed by atoms with Gasteiger partial charge in [0.1, 0.15) is 11.3 Å². The Bertz CT molecular complexity index is 1410. The molecule has 2 heterocycles. The maximum Gasteiger partial charge on any atom is 0.387 e. The summed E-state index contributed by atoms with van der Waals surface area (Å²) in [4.78, 5) is 12.4. The van der Waals surface area contributed by atoms with Crippen molar-refractivity contribution in [3.63, 3.8) is 0 Å². The van der Waals surface area contributed by atoms with E-state index >= 15 is 0 Å². The Balaban J connectivity index is 1.69. The summed E-state index contributed by atoms with van der Waals surface area (Å²) in [5.41, 5.74) is 1.74. The molecule has 1 N–H and O–H groups in total. The molecule has 0 radical (unpaired) electrons.